The first kappa shape index (κ1) is 13.3. The summed E-state index contributed by atoms with van der Waals surface area (Å²) in [5, 5.41) is 8.77. The largest absolute Gasteiger partial charge is 0.309 e. The third kappa shape index (κ3) is 2.21. The van der Waals surface area contributed by atoms with Crippen LogP contribution in [0.25, 0.3) is 59.8 Å². The first-order chi connectivity index (χ1) is 17.1. The van der Waals surface area contributed by atoms with E-state index in [-0.39, 0.29) is 24.2 Å². The fourth-order valence-electron chi connectivity index (χ4n) is 5.06. The number of nitrogens with zero attached hydrogens (tertiary/aromatic N) is 1. The summed E-state index contributed by atoms with van der Waals surface area (Å²) in [6.07, 6.45) is 0. The maximum absolute atomic E-state index is 8.79. The van der Waals surface area contributed by atoms with Gasteiger partial charge in [0.1, 0.15) is 0 Å². The van der Waals surface area contributed by atoms with Gasteiger partial charge in [-0.1, -0.05) is 97.0 Å². The van der Waals surface area contributed by atoms with E-state index in [2.05, 4.69) is 54.6 Å². The Bertz CT molecular complexity index is 2000. The Kier molecular flexibility index (Phi) is 2.65. The van der Waals surface area contributed by atoms with Crippen LogP contribution in [0.4, 0.5) is 0 Å². The third-order valence-corrected chi connectivity index (χ3v) is 6.28. The second kappa shape index (κ2) is 6.20. The average Bonchev–Trinajstić information content (AvgIpc) is 3.23. The molecule has 0 aliphatic carbocycles. The smallest absolute Gasteiger partial charge is 0.0645 e. The van der Waals surface area contributed by atoms with Crippen LogP contribution in [0.3, 0.4) is 0 Å². The quantitative estimate of drug-likeness (QED) is 0.246. The minimum absolute atomic E-state index is 0.0696. The molecule has 7 aromatic rings. The van der Waals surface area contributed by atoms with E-state index in [1.165, 1.54) is 6.07 Å². The van der Waals surface area contributed by atoms with Crippen LogP contribution < -0.4 is 0 Å². The molecule has 0 saturated heterocycles. The molecule has 0 N–H and O–H groups in total. The standard InChI is InChI=1S/C30H19N/c1-2-11-21(12-3-1)31-27-19-18-20-10-4-5-13-22(20)28(27)29-25-16-8-6-14-23(25)24-15-7-9-17-26(24)30(29)31/h1-19H/i1D,2D,11D,12D. The molecule has 1 heteroatoms. The molecule has 0 unspecified atom stereocenters. The Morgan fingerprint density at radius 2 is 1.19 bits per heavy atom. The van der Waals surface area contributed by atoms with E-state index in [1.807, 2.05) is 34.9 Å². The molecule has 0 aliphatic heterocycles. The van der Waals surface area contributed by atoms with E-state index in [0.29, 0.717) is 5.69 Å². The van der Waals surface area contributed by atoms with Crippen molar-refractivity contribution < 1.29 is 5.48 Å². The second-order valence-electron chi connectivity index (χ2n) is 7.86. The van der Waals surface area contributed by atoms with Gasteiger partial charge in [-0.15, -0.1) is 0 Å². The summed E-state index contributed by atoms with van der Waals surface area (Å²) in [5.41, 5.74) is 2.14. The monoisotopic (exact) mass is 397 g/mol. The van der Waals surface area contributed by atoms with Gasteiger partial charge in [0.2, 0.25) is 0 Å². The van der Waals surface area contributed by atoms with Crippen molar-refractivity contribution in [2.24, 2.45) is 0 Å². The van der Waals surface area contributed by atoms with Gasteiger partial charge in [-0.3, -0.25) is 0 Å². The molecule has 31 heavy (non-hydrogen) atoms. The van der Waals surface area contributed by atoms with Crippen molar-refractivity contribution in [2.45, 2.75) is 0 Å². The molecule has 0 aliphatic rings. The van der Waals surface area contributed by atoms with Crippen LogP contribution in [0.2, 0.25) is 0 Å². The van der Waals surface area contributed by atoms with Crippen molar-refractivity contribution in [3.63, 3.8) is 0 Å². The Morgan fingerprint density at radius 3 is 2.03 bits per heavy atom. The van der Waals surface area contributed by atoms with Crippen molar-refractivity contribution in [1.82, 2.24) is 4.57 Å². The number of hydrogen-bond donors (Lipinski definition) is 0. The van der Waals surface area contributed by atoms with Crippen LogP contribution in [-0.2, 0) is 0 Å². The lowest BCUT2D eigenvalue weighted by atomic mass is 9.95. The minimum atomic E-state index is -0.170. The van der Waals surface area contributed by atoms with Crippen LogP contribution in [0.1, 0.15) is 5.48 Å². The molecule has 144 valence electrons. The number of hydrogen-bond acceptors (Lipinski definition) is 0. The van der Waals surface area contributed by atoms with Crippen LogP contribution in [0.15, 0.2) is 115 Å². The maximum Gasteiger partial charge on any atom is 0.0645 e. The van der Waals surface area contributed by atoms with Gasteiger partial charge in [0, 0.05) is 21.8 Å². The lowest BCUT2D eigenvalue weighted by Gasteiger charge is -2.12. The zero-order valence-electron chi connectivity index (χ0n) is 20.6. The fraction of sp³-hybridized carbons (Fsp3) is 0. The molecule has 0 fully saturated rings. The number of benzene rings is 6. The molecule has 7 rings (SSSR count). The lowest BCUT2D eigenvalue weighted by molar-refractivity contribution is 1.19. The van der Waals surface area contributed by atoms with Crippen molar-refractivity contribution in [3.8, 4) is 5.69 Å². The molecule has 0 radical (unpaired) electrons. The highest BCUT2D eigenvalue weighted by Crippen LogP contribution is 2.44. The van der Waals surface area contributed by atoms with Gasteiger partial charge in [-0.05, 0) is 45.1 Å². The maximum atomic E-state index is 8.79. The Balaban J connectivity index is 1.89. The molecular formula is C30H19N. The van der Waals surface area contributed by atoms with E-state index in [9.17, 15) is 0 Å². The van der Waals surface area contributed by atoms with E-state index < -0.39 is 0 Å². The Morgan fingerprint density at radius 1 is 0.516 bits per heavy atom. The highest BCUT2D eigenvalue weighted by molar-refractivity contribution is 6.35. The summed E-state index contributed by atoms with van der Waals surface area (Å²) in [6, 6.07) is 30.1. The summed E-state index contributed by atoms with van der Waals surface area (Å²) in [7, 11) is 0. The van der Waals surface area contributed by atoms with Gasteiger partial charge in [0.25, 0.3) is 0 Å². The molecule has 0 atom stereocenters. The van der Waals surface area contributed by atoms with Gasteiger partial charge < -0.3 is 4.57 Å². The van der Waals surface area contributed by atoms with Crippen molar-refractivity contribution >= 4 is 54.1 Å². The van der Waals surface area contributed by atoms with Crippen LogP contribution in [-0.4, -0.2) is 4.57 Å². The summed E-state index contributed by atoms with van der Waals surface area (Å²) in [6.45, 7) is 0. The second-order valence-corrected chi connectivity index (χ2v) is 7.86. The average molecular weight is 398 g/mol. The highest BCUT2D eigenvalue weighted by atomic mass is 15.0. The first-order valence-corrected chi connectivity index (χ1v) is 10.4. The summed E-state index contributed by atoms with van der Waals surface area (Å²) in [4.78, 5) is 0. The van der Waals surface area contributed by atoms with Crippen molar-refractivity contribution in [1.29, 1.82) is 0 Å². The molecule has 0 spiro atoms. The van der Waals surface area contributed by atoms with E-state index in [1.54, 1.807) is 0 Å². The number of rotatable bonds is 1. The van der Waals surface area contributed by atoms with Gasteiger partial charge in [-0.2, -0.15) is 0 Å². The Labute approximate surface area is 185 Å². The molecular weight excluding hydrogens is 374 g/mol. The van der Waals surface area contributed by atoms with Crippen LogP contribution >= 0.6 is 0 Å². The predicted molar refractivity (Wildman–Crippen MR) is 133 cm³/mol. The van der Waals surface area contributed by atoms with E-state index >= 15 is 0 Å². The van der Waals surface area contributed by atoms with E-state index in [4.69, 9.17) is 5.48 Å². The van der Waals surface area contributed by atoms with Gasteiger partial charge in [0.05, 0.1) is 16.5 Å². The molecule has 1 aromatic heterocycles. The lowest BCUT2D eigenvalue weighted by Crippen LogP contribution is -1.94. The third-order valence-electron chi connectivity index (χ3n) is 6.28. The fourth-order valence-corrected chi connectivity index (χ4v) is 5.06. The summed E-state index contributed by atoms with van der Waals surface area (Å²) >= 11 is 0. The first-order valence-electron chi connectivity index (χ1n) is 12.4. The van der Waals surface area contributed by atoms with E-state index in [0.717, 1.165) is 54.1 Å². The van der Waals surface area contributed by atoms with Gasteiger partial charge >= 0.3 is 0 Å². The molecule has 0 saturated carbocycles. The topological polar surface area (TPSA) is 4.93 Å². The molecule has 0 bridgehead atoms. The molecule has 0 amide bonds. The summed E-state index contributed by atoms with van der Waals surface area (Å²) < 4.78 is 35.9. The van der Waals surface area contributed by atoms with Gasteiger partial charge in [-0.25, -0.2) is 0 Å². The van der Waals surface area contributed by atoms with Crippen LogP contribution in [0, 0.1) is 0 Å². The minimum Gasteiger partial charge on any atom is -0.309 e. The normalized spacial score (nSPS) is 13.7. The number of para-hydroxylation sites is 1. The zero-order chi connectivity index (χ0) is 23.8. The molecule has 6 aromatic carbocycles. The molecule has 1 heterocycles. The van der Waals surface area contributed by atoms with Crippen LogP contribution in [0.5, 0.6) is 0 Å². The SMILES string of the molecule is [2H]c1cc([2H])c(-n2c3ccc4ccccc4c3c3c4ccccc4c4ccccc4c32)c([2H])c1[2H]. The predicted octanol–water partition coefficient (Wildman–Crippen LogP) is 8.24. The summed E-state index contributed by atoms with van der Waals surface area (Å²) in [5.74, 6) is 0. The van der Waals surface area contributed by atoms with Gasteiger partial charge in [0.15, 0.2) is 0 Å². The number of aromatic nitrogens is 1. The van der Waals surface area contributed by atoms with Crippen molar-refractivity contribution in [3.05, 3.63) is 115 Å². The zero-order valence-corrected chi connectivity index (χ0v) is 16.6. The van der Waals surface area contributed by atoms with Crippen molar-refractivity contribution in [2.75, 3.05) is 0 Å². The number of fused-ring (bicyclic) bond motifs is 10. The Hall–Kier alpha value is -4.10. The molecule has 1 nitrogen and oxygen atoms in total. The highest BCUT2D eigenvalue weighted by Gasteiger charge is 2.19.